The maximum atomic E-state index is 11.6. The Balaban J connectivity index is 1.91. The van der Waals surface area contributed by atoms with Crippen molar-refractivity contribution in [1.29, 1.82) is 0 Å². The van der Waals surface area contributed by atoms with Crippen molar-refractivity contribution in [3.63, 3.8) is 0 Å². The Hall–Kier alpha value is -2.15. The van der Waals surface area contributed by atoms with Gasteiger partial charge < -0.3 is 0 Å². The molecule has 0 aliphatic heterocycles. The first-order chi connectivity index (χ1) is 15.1. The SMILES string of the molecule is CCOC(=O)CCCCCCP(Cl)(c1ccccc1)(c1ccccc1)c1ccccc1. The molecule has 0 aromatic heterocycles. The van der Waals surface area contributed by atoms with Gasteiger partial charge in [-0.1, -0.05) is 0 Å². The molecule has 0 saturated carbocycles. The van der Waals surface area contributed by atoms with Gasteiger partial charge in [-0.3, -0.25) is 0 Å². The molecular formula is C27H32ClO2P. The van der Waals surface area contributed by atoms with Gasteiger partial charge in [-0.2, -0.15) is 0 Å². The summed E-state index contributed by atoms with van der Waals surface area (Å²) in [5.74, 6) is -3.25. The van der Waals surface area contributed by atoms with Gasteiger partial charge in [0.25, 0.3) is 0 Å². The fourth-order valence-corrected chi connectivity index (χ4v) is 10.6. The number of unbranched alkanes of at least 4 members (excludes halogenated alkanes) is 3. The second-order valence-corrected chi connectivity index (χ2v) is 14.5. The molecule has 0 aliphatic carbocycles. The molecule has 3 aromatic carbocycles. The molecule has 4 heteroatoms. The molecule has 0 heterocycles. The second kappa shape index (κ2) is 10.9. The molecule has 2 nitrogen and oxygen atoms in total. The van der Waals surface area contributed by atoms with Crippen LogP contribution >= 0.6 is 17.2 Å². The quantitative estimate of drug-likeness (QED) is 0.196. The van der Waals surface area contributed by atoms with Crippen molar-refractivity contribution < 1.29 is 9.53 Å². The summed E-state index contributed by atoms with van der Waals surface area (Å²) in [4.78, 5) is 11.6. The van der Waals surface area contributed by atoms with E-state index in [-0.39, 0.29) is 5.97 Å². The van der Waals surface area contributed by atoms with E-state index in [1.165, 1.54) is 15.9 Å². The fraction of sp³-hybridized carbons (Fsp3) is 0.296. The van der Waals surface area contributed by atoms with E-state index in [1.54, 1.807) is 0 Å². The number of hydrogen-bond acceptors (Lipinski definition) is 2. The van der Waals surface area contributed by atoms with Crippen molar-refractivity contribution in [1.82, 2.24) is 0 Å². The van der Waals surface area contributed by atoms with Gasteiger partial charge in [0.15, 0.2) is 0 Å². The van der Waals surface area contributed by atoms with Crippen molar-refractivity contribution in [3.8, 4) is 0 Å². The van der Waals surface area contributed by atoms with E-state index in [0.29, 0.717) is 13.0 Å². The van der Waals surface area contributed by atoms with Crippen LogP contribution < -0.4 is 15.9 Å². The van der Waals surface area contributed by atoms with E-state index in [0.717, 1.165) is 31.8 Å². The number of carbonyl (C=O) groups excluding carboxylic acids is 1. The van der Waals surface area contributed by atoms with E-state index in [2.05, 4.69) is 72.8 Å². The van der Waals surface area contributed by atoms with E-state index in [1.807, 2.05) is 25.1 Å². The van der Waals surface area contributed by atoms with Crippen LogP contribution in [-0.4, -0.2) is 18.7 Å². The average molecular weight is 455 g/mol. The van der Waals surface area contributed by atoms with Gasteiger partial charge in [0, 0.05) is 0 Å². The Bertz CT molecular complexity index is 845. The summed E-state index contributed by atoms with van der Waals surface area (Å²) in [6.07, 6.45) is 5.29. The van der Waals surface area contributed by atoms with Crippen LogP contribution in [0.25, 0.3) is 0 Å². The molecule has 3 aromatic rings. The van der Waals surface area contributed by atoms with E-state index in [4.69, 9.17) is 16.0 Å². The first-order valence-electron chi connectivity index (χ1n) is 11.1. The molecule has 0 fully saturated rings. The van der Waals surface area contributed by atoms with Gasteiger partial charge in [-0.05, 0) is 0 Å². The molecule has 0 amide bonds. The number of halogens is 1. The summed E-state index contributed by atoms with van der Waals surface area (Å²) in [6, 6.07) is 31.8. The minimum atomic E-state index is -3.15. The Morgan fingerprint density at radius 3 is 1.55 bits per heavy atom. The van der Waals surface area contributed by atoms with Crippen molar-refractivity contribution >= 4 is 39.1 Å². The van der Waals surface area contributed by atoms with Crippen molar-refractivity contribution in [2.24, 2.45) is 0 Å². The van der Waals surface area contributed by atoms with Crippen LogP contribution in [0, 0.1) is 0 Å². The zero-order valence-corrected chi connectivity index (χ0v) is 19.9. The topological polar surface area (TPSA) is 26.3 Å². The van der Waals surface area contributed by atoms with Crippen LogP contribution in [-0.2, 0) is 9.53 Å². The average Bonchev–Trinajstić information content (AvgIpc) is 2.83. The monoisotopic (exact) mass is 454 g/mol. The Morgan fingerprint density at radius 2 is 1.13 bits per heavy atom. The molecule has 31 heavy (non-hydrogen) atoms. The number of esters is 1. The zero-order chi connectivity index (χ0) is 22.0. The first kappa shape index (κ1) is 23.5. The molecule has 0 bridgehead atoms. The number of benzene rings is 3. The molecule has 0 aliphatic rings. The van der Waals surface area contributed by atoms with Gasteiger partial charge in [0.05, 0.1) is 0 Å². The zero-order valence-electron chi connectivity index (χ0n) is 18.3. The van der Waals surface area contributed by atoms with Crippen LogP contribution in [0.1, 0.15) is 39.0 Å². The maximum absolute atomic E-state index is 11.6. The Kier molecular flexibility index (Phi) is 8.29. The van der Waals surface area contributed by atoms with Crippen molar-refractivity contribution in [2.75, 3.05) is 12.8 Å². The van der Waals surface area contributed by atoms with Gasteiger partial charge >= 0.3 is 191 Å². The van der Waals surface area contributed by atoms with E-state index in [9.17, 15) is 4.79 Å². The van der Waals surface area contributed by atoms with Gasteiger partial charge in [0.2, 0.25) is 0 Å². The normalized spacial score (nSPS) is 12.6. The Labute approximate surface area is 191 Å². The fourth-order valence-electron chi connectivity index (χ4n) is 4.32. The van der Waals surface area contributed by atoms with Crippen molar-refractivity contribution in [2.45, 2.75) is 39.0 Å². The molecule has 0 radical (unpaired) electrons. The predicted molar refractivity (Wildman–Crippen MR) is 136 cm³/mol. The molecule has 0 spiro atoms. The van der Waals surface area contributed by atoms with Gasteiger partial charge in [-0.25, -0.2) is 0 Å². The van der Waals surface area contributed by atoms with Crippen LogP contribution in [0.5, 0.6) is 0 Å². The van der Waals surface area contributed by atoms with Crippen LogP contribution in [0.15, 0.2) is 91.0 Å². The molecule has 0 saturated heterocycles. The standard InChI is InChI=1S/C27H32ClO2P/c1-2-30-27(29)22-14-3-4-15-23-31(28,24-16-8-5-9-17-24,25-18-10-6-11-19-25)26-20-12-7-13-21-26/h5-13,16-21H,2-4,14-15,22-23H2,1H3. The van der Waals surface area contributed by atoms with Crippen LogP contribution in [0.4, 0.5) is 0 Å². The summed E-state index contributed by atoms with van der Waals surface area (Å²) < 4.78 is 5.04. The van der Waals surface area contributed by atoms with Crippen LogP contribution in [0.2, 0.25) is 0 Å². The summed E-state index contributed by atoms with van der Waals surface area (Å²) >= 11 is 8.03. The summed E-state index contributed by atoms with van der Waals surface area (Å²) in [5.41, 5.74) is 0. The second-order valence-electron chi connectivity index (χ2n) is 7.88. The molecular weight excluding hydrogens is 423 g/mol. The minimum absolute atomic E-state index is 0.0997. The summed E-state index contributed by atoms with van der Waals surface area (Å²) in [5, 5.41) is 3.62. The van der Waals surface area contributed by atoms with Crippen molar-refractivity contribution in [3.05, 3.63) is 91.0 Å². The van der Waals surface area contributed by atoms with Crippen LogP contribution in [0.3, 0.4) is 0 Å². The first-order valence-corrected chi connectivity index (χ1v) is 14.5. The summed E-state index contributed by atoms with van der Waals surface area (Å²) in [7, 11) is 0. The van der Waals surface area contributed by atoms with E-state index >= 15 is 0 Å². The van der Waals surface area contributed by atoms with E-state index < -0.39 is 5.96 Å². The number of ether oxygens (including phenoxy) is 1. The molecule has 0 N–H and O–H groups in total. The third-order valence-electron chi connectivity index (χ3n) is 5.90. The number of rotatable bonds is 11. The molecule has 0 atom stereocenters. The summed E-state index contributed by atoms with van der Waals surface area (Å²) in [6.45, 7) is 2.30. The molecule has 0 unspecified atom stereocenters. The van der Waals surface area contributed by atoms with Gasteiger partial charge in [-0.15, -0.1) is 0 Å². The number of carbonyl (C=O) groups is 1. The molecule has 164 valence electrons. The predicted octanol–water partition coefficient (Wildman–Crippen LogP) is 6.18. The third kappa shape index (κ3) is 5.20. The Morgan fingerprint density at radius 1 is 0.710 bits per heavy atom. The van der Waals surface area contributed by atoms with Gasteiger partial charge in [0.1, 0.15) is 0 Å². The third-order valence-corrected chi connectivity index (χ3v) is 13.4. The molecule has 3 rings (SSSR count). The number of hydrogen-bond donors (Lipinski definition) is 0.